The first kappa shape index (κ1) is 13.7. The fourth-order valence-electron chi connectivity index (χ4n) is 2.06. The third-order valence-corrected chi connectivity index (χ3v) is 4.95. The number of rotatable bonds is 3. The van der Waals surface area contributed by atoms with Gasteiger partial charge in [-0.25, -0.2) is 17.2 Å². The SMILES string of the molecule is N#Cc1ccc(NCC2CCS(=O)(=O)C2)c(F)c1F. The smallest absolute Gasteiger partial charge is 0.183 e. The molecule has 0 aliphatic carbocycles. The Morgan fingerprint density at radius 3 is 2.68 bits per heavy atom. The predicted molar refractivity (Wildman–Crippen MR) is 66.3 cm³/mol. The molecule has 0 bridgehead atoms. The molecule has 1 aromatic rings. The molecule has 4 nitrogen and oxygen atoms in total. The highest BCUT2D eigenvalue weighted by Gasteiger charge is 2.27. The minimum atomic E-state index is -2.98. The Bertz CT molecular complexity index is 638. The van der Waals surface area contributed by atoms with Gasteiger partial charge in [0.2, 0.25) is 0 Å². The van der Waals surface area contributed by atoms with Crippen LogP contribution in [0.5, 0.6) is 0 Å². The lowest BCUT2D eigenvalue weighted by Gasteiger charge is -2.12. The van der Waals surface area contributed by atoms with Gasteiger partial charge in [-0.15, -0.1) is 0 Å². The Kier molecular flexibility index (Phi) is 3.71. The second-order valence-electron chi connectivity index (χ2n) is 4.55. The van der Waals surface area contributed by atoms with Gasteiger partial charge in [0.15, 0.2) is 21.5 Å². The molecule has 1 heterocycles. The summed E-state index contributed by atoms with van der Waals surface area (Å²) in [6.07, 6.45) is 0.524. The van der Waals surface area contributed by atoms with Gasteiger partial charge in [-0.3, -0.25) is 0 Å². The van der Waals surface area contributed by atoms with E-state index < -0.39 is 21.5 Å². The Hall–Kier alpha value is -1.68. The number of anilines is 1. The molecule has 0 saturated carbocycles. The molecule has 1 N–H and O–H groups in total. The maximum absolute atomic E-state index is 13.6. The van der Waals surface area contributed by atoms with E-state index in [9.17, 15) is 17.2 Å². The van der Waals surface area contributed by atoms with E-state index >= 15 is 0 Å². The number of nitrogens with zero attached hydrogens (tertiary/aromatic N) is 1. The second kappa shape index (κ2) is 5.13. The van der Waals surface area contributed by atoms with Crippen LogP contribution in [0.15, 0.2) is 12.1 Å². The van der Waals surface area contributed by atoms with E-state index in [4.69, 9.17) is 5.26 Å². The largest absolute Gasteiger partial charge is 0.382 e. The zero-order chi connectivity index (χ0) is 14.0. The van der Waals surface area contributed by atoms with Gasteiger partial charge in [-0.05, 0) is 24.5 Å². The van der Waals surface area contributed by atoms with Crippen LogP contribution in [0.25, 0.3) is 0 Å². The average molecular weight is 286 g/mol. The summed E-state index contributed by atoms with van der Waals surface area (Å²) >= 11 is 0. The van der Waals surface area contributed by atoms with Gasteiger partial charge in [0.1, 0.15) is 6.07 Å². The van der Waals surface area contributed by atoms with Gasteiger partial charge >= 0.3 is 0 Å². The fraction of sp³-hybridized carbons (Fsp3) is 0.417. The normalized spacial score (nSPS) is 21.0. The van der Waals surface area contributed by atoms with Crippen molar-refractivity contribution in [3.8, 4) is 6.07 Å². The van der Waals surface area contributed by atoms with E-state index in [1.165, 1.54) is 12.1 Å². The molecule has 1 fully saturated rings. The van der Waals surface area contributed by atoms with Gasteiger partial charge in [-0.2, -0.15) is 5.26 Å². The topological polar surface area (TPSA) is 70.0 Å². The molecule has 1 aliphatic rings. The number of halogens is 2. The Morgan fingerprint density at radius 1 is 1.37 bits per heavy atom. The molecule has 0 spiro atoms. The number of sulfone groups is 1. The Labute approximate surface area is 110 Å². The van der Waals surface area contributed by atoms with E-state index in [-0.39, 0.29) is 35.2 Å². The van der Waals surface area contributed by atoms with Gasteiger partial charge in [0, 0.05) is 6.54 Å². The van der Waals surface area contributed by atoms with E-state index in [1.54, 1.807) is 6.07 Å². The molecular weight excluding hydrogens is 274 g/mol. The van der Waals surface area contributed by atoms with E-state index in [1.807, 2.05) is 0 Å². The van der Waals surface area contributed by atoms with Gasteiger partial charge in [-0.1, -0.05) is 0 Å². The monoisotopic (exact) mass is 286 g/mol. The van der Waals surface area contributed by atoms with Crippen LogP contribution < -0.4 is 5.32 Å². The Balaban J connectivity index is 2.05. The molecular formula is C12H12F2N2O2S. The van der Waals surface area contributed by atoms with E-state index in [2.05, 4.69) is 5.32 Å². The fourth-order valence-corrected chi connectivity index (χ4v) is 3.92. The molecule has 102 valence electrons. The van der Waals surface area contributed by atoms with Crippen LogP contribution in [0.2, 0.25) is 0 Å². The number of nitrogens with one attached hydrogen (secondary N) is 1. The summed E-state index contributed by atoms with van der Waals surface area (Å²) in [6.45, 7) is 0.265. The van der Waals surface area contributed by atoms with Crippen molar-refractivity contribution in [1.29, 1.82) is 5.26 Å². The van der Waals surface area contributed by atoms with Crippen LogP contribution in [-0.4, -0.2) is 26.5 Å². The van der Waals surface area contributed by atoms with Crippen molar-refractivity contribution >= 4 is 15.5 Å². The van der Waals surface area contributed by atoms with Crippen molar-refractivity contribution in [3.05, 3.63) is 29.3 Å². The quantitative estimate of drug-likeness (QED) is 0.918. The molecule has 2 rings (SSSR count). The van der Waals surface area contributed by atoms with E-state index in [0.29, 0.717) is 6.42 Å². The molecule has 19 heavy (non-hydrogen) atoms. The molecule has 1 atom stereocenters. The van der Waals surface area contributed by atoms with Gasteiger partial charge in [0.05, 0.1) is 22.8 Å². The third-order valence-electron chi connectivity index (χ3n) is 3.11. The minimum absolute atomic E-state index is 0.0548. The number of hydrogen-bond donors (Lipinski definition) is 1. The summed E-state index contributed by atoms with van der Waals surface area (Å²) in [4.78, 5) is 0. The highest BCUT2D eigenvalue weighted by molar-refractivity contribution is 7.91. The highest BCUT2D eigenvalue weighted by Crippen LogP contribution is 2.23. The number of hydrogen-bond acceptors (Lipinski definition) is 4. The molecule has 1 saturated heterocycles. The first-order valence-electron chi connectivity index (χ1n) is 5.75. The van der Waals surface area contributed by atoms with Crippen LogP contribution in [0.4, 0.5) is 14.5 Å². The van der Waals surface area contributed by atoms with Crippen molar-refractivity contribution in [2.45, 2.75) is 6.42 Å². The maximum atomic E-state index is 13.6. The highest BCUT2D eigenvalue weighted by atomic mass is 32.2. The van der Waals surface area contributed by atoms with Gasteiger partial charge in [0.25, 0.3) is 0 Å². The molecule has 0 amide bonds. The zero-order valence-electron chi connectivity index (χ0n) is 9.99. The molecule has 7 heteroatoms. The summed E-state index contributed by atoms with van der Waals surface area (Å²) in [7, 11) is -2.98. The molecule has 0 aromatic heterocycles. The summed E-state index contributed by atoms with van der Waals surface area (Å²) in [5.74, 6) is -2.18. The molecule has 0 radical (unpaired) electrons. The van der Waals surface area contributed by atoms with Crippen molar-refractivity contribution in [2.75, 3.05) is 23.4 Å². The lowest BCUT2D eigenvalue weighted by Crippen LogP contribution is -2.16. The maximum Gasteiger partial charge on any atom is 0.183 e. The lowest BCUT2D eigenvalue weighted by atomic mass is 10.1. The zero-order valence-corrected chi connectivity index (χ0v) is 10.8. The van der Waals surface area contributed by atoms with E-state index in [0.717, 1.165) is 0 Å². The second-order valence-corrected chi connectivity index (χ2v) is 6.78. The molecule has 1 aliphatic heterocycles. The van der Waals surface area contributed by atoms with Crippen LogP contribution in [0.1, 0.15) is 12.0 Å². The standard InChI is InChI=1S/C12H12F2N2O2S/c13-11-9(5-15)1-2-10(12(11)14)16-6-8-3-4-19(17,18)7-8/h1-2,8,16H,3-4,6-7H2. The van der Waals surface area contributed by atoms with Crippen molar-refractivity contribution in [2.24, 2.45) is 5.92 Å². The van der Waals surface area contributed by atoms with Crippen LogP contribution in [0.3, 0.4) is 0 Å². The molecule has 1 aromatic carbocycles. The third kappa shape index (κ3) is 3.01. The van der Waals surface area contributed by atoms with Crippen molar-refractivity contribution in [1.82, 2.24) is 0 Å². The minimum Gasteiger partial charge on any atom is -0.382 e. The first-order valence-corrected chi connectivity index (χ1v) is 7.57. The predicted octanol–water partition coefficient (Wildman–Crippen LogP) is 1.68. The van der Waals surface area contributed by atoms with Crippen LogP contribution >= 0.6 is 0 Å². The van der Waals surface area contributed by atoms with Crippen LogP contribution in [0, 0.1) is 28.9 Å². The van der Waals surface area contributed by atoms with Crippen LogP contribution in [-0.2, 0) is 9.84 Å². The average Bonchev–Trinajstić information content (AvgIpc) is 2.71. The molecule has 1 unspecified atom stereocenters. The number of nitriles is 1. The number of benzene rings is 1. The summed E-state index contributed by atoms with van der Waals surface area (Å²) in [6, 6.07) is 4.01. The first-order chi connectivity index (χ1) is 8.93. The summed E-state index contributed by atoms with van der Waals surface area (Å²) in [5.41, 5.74) is -0.410. The Morgan fingerprint density at radius 2 is 2.11 bits per heavy atom. The summed E-state index contributed by atoms with van der Waals surface area (Å²) < 4.78 is 49.4. The summed E-state index contributed by atoms with van der Waals surface area (Å²) in [5, 5.41) is 11.2. The lowest BCUT2D eigenvalue weighted by molar-refractivity contribution is 0.507. The van der Waals surface area contributed by atoms with Crippen molar-refractivity contribution in [3.63, 3.8) is 0 Å². The van der Waals surface area contributed by atoms with Gasteiger partial charge < -0.3 is 5.32 Å². The van der Waals surface area contributed by atoms with Crippen molar-refractivity contribution < 1.29 is 17.2 Å².